The largest absolute Gasteiger partial charge is 0.368 e. The Bertz CT molecular complexity index is 454. The molecular formula is C17H30ClFN4O2. The number of halogens is 2. The smallest absolute Gasteiger partial charge is 0.250 e. The fraction of sp³-hybridized carbons (Fsp3) is 0.824. The van der Waals surface area contributed by atoms with Gasteiger partial charge in [0.25, 0.3) is 0 Å². The first-order valence-corrected chi connectivity index (χ1v) is 9.45. The van der Waals surface area contributed by atoms with Crippen LogP contribution < -0.4 is 21.3 Å². The van der Waals surface area contributed by atoms with E-state index in [4.69, 9.17) is 16.3 Å². The van der Waals surface area contributed by atoms with Gasteiger partial charge >= 0.3 is 0 Å². The van der Waals surface area contributed by atoms with Crippen molar-refractivity contribution in [3.05, 3.63) is 12.3 Å². The van der Waals surface area contributed by atoms with Crippen molar-refractivity contribution in [2.75, 3.05) is 26.2 Å². The van der Waals surface area contributed by atoms with Crippen LogP contribution in [0.1, 0.15) is 32.6 Å². The SMILES string of the molecule is C=C(CCNC1CNCC(C)N1)NC(=O)COC1CCC(Cl)C(F)C1. The molecule has 4 N–H and O–H groups in total. The lowest BCUT2D eigenvalue weighted by molar-refractivity contribution is -0.128. The number of amides is 1. The fourth-order valence-corrected chi connectivity index (χ4v) is 3.35. The van der Waals surface area contributed by atoms with E-state index < -0.39 is 11.5 Å². The number of alkyl halides is 2. The molecular weight excluding hydrogens is 347 g/mol. The van der Waals surface area contributed by atoms with Crippen LogP contribution in [0.5, 0.6) is 0 Å². The van der Waals surface area contributed by atoms with Crippen molar-refractivity contribution in [3.63, 3.8) is 0 Å². The van der Waals surface area contributed by atoms with E-state index >= 15 is 0 Å². The molecule has 0 aromatic heterocycles. The van der Waals surface area contributed by atoms with Gasteiger partial charge in [0.15, 0.2) is 0 Å². The predicted molar refractivity (Wildman–Crippen MR) is 97.3 cm³/mol. The molecule has 1 heterocycles. The van der Waals surface area contributed by atoms with Gasteiger partial charge in [-0.1, -0.05) is 6.58 Å². The number of piperazine rings is 1. The number of carbonyl (C=O) groups is 1. The first kappa shape index (κ1) is 20.6. The van der Waals surface area contributed by atoms with Gasteiger partial charge in [-0.15, -0.1) is 11.6 Å². The van der Waals surface area contributed by atoms with Crippen molar-refractivity contribution >= 4 is 17.5 Å². The summed E-state index contributed by atoms with van der Waals surface area (Å²) in [5.41, 5.74) is 0.644. The van der Waals surface area contributed by atoms with Gasteiger partial charge in [0.2, 0.25) is 5.91 Å². The summed E-state index contributed by atoms with van der Waals surface area (Å²) < 4.78 is 19.0. The maximum absolute atomic E-state index is 13.5. The summed E-state index contributed by atoms with van der Waals surface area (Å²) in [6.45, 7) is 8.48. The molecule has 1 saturated heterocycles. The predicted octanol–water partition coefficient (Wildman–Crippen LogP) is 1.02. The summed E-state index contributed by atoms with van der Waals surface area (Å²) in [5, 5.41) is 12.5. The summed E-state index contributed by atoms with van der Waals surface area (Å²) in [6, 6.07) is 0.434. The minimum absolute atomic E-state index is 0.0809. The van der Waals surface area contributed by atoms with E-state index in [0.717, 1.165) is 19.6 Å². The first-order valence-electron chi connectivity index (χ1n) is 9.01. The highest BCUT2D eigenvalue weighted by molar-refractivity contribution is 6.21. The zero-order valence-electron chi connectivity index (χ0n) is 14.8. The number of carbonyl (C=O) groups excluding carboxylic acids is 1. The van der Waals surface area contributed by atoms with Crippen LogP contribution in [0.4, 0.5) is 4.39 Å². The second kappa shape index (κ2) is 10.4. The van der Waals surface area contributed by atoms with Crippen LogP contribution in [0.3, 0.4) is 0 Å². The van der Waals surface area contributed by atoms with E-state index in [1.165, 1.54) is 0 Å². The minimum Gasteiger partial charge on any atom is -0.368 e. The van der Waals surface area contributed by atoms with Crippen LogP contribution in [0.25, 0.3) is 0 Å². The molecule has 1 saturated carbocycles. The summed E-state index contributed by atoms with van der Waals surface area (Å²) >= 11 is 5.84. The van der Waals surface area contributed by atoms with E-state index in [0.29, 0.717) is 31.0 Å². The summed E-state index contributed by atoms with van der Waals surface area (Å²) in [4.78, 5) is 11.9. The molecule has 2 rings (SSSR count). The van der Waals surface area contributed by atoms with Crippen molar-refractivity contribution < 1.29 is 13.9 Å². The van der Waals surface area contributed by atoms with Crippen molar-refractivity contribution in [1.29, 1.82) is 0 Å². The molecule has 2 aliphatic rings. The Balaban J connectivity index is 1.55. The monoisotopic (exact) mass is 376 g/mol. The Labute approximate surface area is 154 Å². The number of hydrogen-bond donors (Lipinski definition) is 4. The van der Waals surface area contributed by atoms with Crippen molar-refractivity contribution in [1.82, 2.24) is 21.3 Å². The Morgan fingerprint density at radius 3 is 2.92 bits per heavy atom. The lowest BCUT2D eigenvalue weighted by Gasteiger charge is -2.30. The molecule has 1 amide bonds. The molecule has 2 fully saturated rings. The van der Waals surface area contributed by atoms with Crippen molar-refractivity contribution in [3.8, 4) is 0 Å². The first-order chi connectivity index (χ1) is 11.9. The standard InChI is InChI=1S/C17H30ClFN4O2/c1-11(5-6-21-16-9-20-8-12(2)22-16)23-17(24)10-25-13-3-4-14(18)15(19)7-13/h12-16,20-22H,1,3-10H2,2H3,(H,23,24). The second-order valence-electron chi connectivity index (χ2n) is 6.91. The molecule has 0 radical (unpaired) electrons. The summed E-state index contributed by atoms with van der Waals surface area (Å²) in [6.07, 6.45) is 1.09. The lowest BCUT2D eigenvalue weighted by atomic mass is 9.95. The molecule has 25 heavy (non-hydrogen) atoms. The Morgan fingerprint density at radius 1 is 1.40 bits per heavy atom. The molecule has 1 aliphatic heterocycles. The maximum Gasteiger partial charge on any atom is 0.250 e. The molecule has 6 nitrogen and oxygen atoms in total. The quantitative estimate of drug-likeness (QED) is 0.476. The molecule has 1 aliphatic carbocycles. The molecule has 8 heteroatoms. The van der Waals surface area contributed by atoms with E-state index in [1.54, 1.807) is 0 Å². The van der Waals surface area contributed by atoms with E-state index in [2.05, 4.69) is 34.8 Å². The third-order valence-electron chi connectivity index (χ3n) is 4.51. The zero-order valence-corrected chi connectivity index (χ0v) is 15.6. The molecule has 0 spiro atoms. The van der Waals surface area contributed by atoms with E-state index in [9.17, 15) is 9.18 Å². The van der Waals surface area contributed by atoms with Gasteiger partial charge in [-0.3, -0.25) is 10.1 Å². The average Bonchev–Trinajstić information content (AvgIpc) is 2.56. The normalized spacial score (nSPS) is 33.0. The highest BCUT2D eigenvalue weighted by atomic mass is 35.5. The Hall–Kier alpha value is -0.730. The van der Waals surface area contributed by atoms with Crippen LogP contribution in [-0.2, 0) is 9.53 Å². The number of nitrogens with one attached hydrogen (secondary N) is 4. The van der Waals surface area contributed by atoms with Crippen LogP contribution in [0.2, 0.25) is 0 Å². The maximum atomic E-state index is 13.5. The Kier molecular flexibility index (Phi) is 8.58. The summed E-state index contributed by atoms with van der Waals surface area (Å²) in [7, 11) is 0. The van der Waals surface area contributed by atoms with Gasteiger partial charge in [0.05, 0.1) is 17.6 Å². The van der Waals surface area contributed by atoms with Crippen molar-refractivity contribution in [2.45, 2.75) is 62.5 Å². The van der Waals surface area contributed by atoms with Gasteiger partial charge in [-0.05, 0) is 26.2 Å². The lowest BCUT2D eigenvalue weighted by Crippen LogP contribution is -2.59. The fourth-order valence-electron chi connectivity index (χ4n) is 3.12. The topological polar surface area (TPSA) is 74.4 Å². The molecule has 0 bridgehead atoms. The third-order valence-corrected chi connectivity index (χ3v) is 5.01. The van der Waals surface area contributed by atoms with Gasteiger partial charge in [-0.2, -0.15) is 0 Å². The van der Waals surface area contributed by atoms with Crippen LogP contribution >= 0.6 is 11.6 Å². The third kappa shape index (κ3) is 7.58. The molecule has 0 aromatic carbocycles. The van der Waals surface area contributed by atoms with Gasteiger partial charge < -0.3 is 20.7 Å². The highest BCUT2D eigenvalue weighted by Gasteiger charge is 2.29. The van der Waals surface area contributed by atoms with Crippen LogP contribution in [-0.4, -0.2) is 62.0 Å². The number of ether oxygens (including phenoxy) is 1. The molecule has 144 valence electrons. The molecule has 5 atom stereocenters. The molecule has 5 unspecified atom stereocenters. The Morgan fingerprint density at radius 2 is 2.20 bits per heavy atom. The van der Waals surface area contributed by atoms with Crippen LogP contribution in [0.15, 0.2) is 12.3 Å². The zero-order chi connectivity index (χ0) is 18.2. The van der Waals surface area contributed by atoms with Gasteiger partial charge in [0.1, 0.15) is 12.8 Å². The summed E-state index contributed by atoms with van der Waals surface area (Å²) in [5.74, 6) is -0.250. The second-order valence-corrected chi connectivity index (χ2v) is 7.47. The highest BCUT2D eigenvalue weighted by Crippen LogP contribution is 2.27. The van der Waals surface area contributed by atoms with E-state index in [1.807, 2.05) is 0 Å². The number of hydrogen-bond acceptors (Lipinski definition) is 5. The average molecular weight is 377 g/mol. The van der Waals surface area contributed by atoms with Crippen LogP contribution in [0, 0.1) is 0 Å². The number of rotatable bonds is 8. The van der Waals surface area contributed by atoms with Gasteiger partial charge in [0, 0.05) is 37.8 Å². The minimum atomic E-state index is -1.06. The van der Waals surface area contributed by atoms with E-state index in [-0.39, 0.29) is 31.2 Å². The van der Waals surface area contributed by atoms with Crippen molar-refractivity contribution in [2.24, 2.45) is 0 Å². The molecule has 0 aromatic rings. The van der Waals surface area contributed by atoms with Gasteiger partial charge in [-0.25, -0.2) is 4.39 Å².